The molecule has 0 saturated carbocycles. The average Bonchev–Trinajstić information content (AvgIpc) is 2.28. The van der Waals surface area contributed by atoms with E-state index in [1.165, 1.54) is 12.1 Å². The predicted molar refractivity (Wildman–Crippen MR) is 60.4 cm³/mol. The maximum atomic E-state index is 11.6. The Balaban J connectivity index is 2.69. The molecular formula is C11H14O5S. The Morgan fingerprint density at radius 1 is 1.24 bits per heavy atom. The lowest BCUT2D eigenvalue weighted by Crippen LogP contribution is -2.11. The van der Waals surface area contributed by atoms with Gasteiger partial charge in [0.2, 0.25) is 0 Å². The Morgan fingerprint density at radius 3 is 2.35 bits per heavy atom. The number of hydrogen-bond acceptors (Lipinski definition) is 5. The van der Waals surface area contributed by atoms with Crippen molar-refractivity contribution in [2.45, 2.75) is 31.6 Å². The second kappa shape index (κ2) is 5.79. The first-order chi connectivity index (χ1) is 7.95. The molecule has 0 atom stereocenters. The number of benzene rings is 1. The summed E-state index contributed by atoms with van der Waals surface area (Å²) in [6.07, 6.45) is 0.677. The number of carbonyl (C=O) groups excluding carboxylic acids is 1. The second-order valence-electron chi connectivity index (χ2n) is 3.54. The monoisotopic (exact) mass is 258 g/mol. The summed E-state index contributed by atoms with van der Waals surface area (Å²) in [6, 6.07) is 6.03. The van der Waals surface area contributed by atoms with Crippen molar-refractivity contribution in [2.75, 3.05) is 0 Å². The molecule has 6 heteroatoms. The summed E-state index contributed by atoms with van der Waals surface area (Å²) < 4.78 is 27.3. The van der Waals surface area contributed by atoms with Crippen LogP contribution < -0.4 is 0 Å². The molecule has 17 heavy (non-hydrogen) atoms. The van der Waals surface area contributed by atoms with Gasteiger partial charge in [-0.3, -0.25) is 4.89 Å². The van der Waals surface area contributed by atoms with E-state index in [9.17, 15) is 13.2 Å². The van der Waals surface area contributed by atoms with Crippen LogP contribution in [0.3, 0.4) is 0 Å². The van der Waals surface area contributed by atoms with Gasteiger partial charge < -0.3 is 0 Å². The van der Waals surface area contributed by atoms with Crippen LogP contribution in [0.25, 0.3) is 0 Å². The molecule has 0 fully saturated rings. The second-order valence-corrected chi connectivity index (χ2v) is 5.06. The molecule has 0 aliphatic heterocycles. The first-order valence-electron chi connectivity index (χ1n) is 5.16. The molecule has 1 aromatic rings. The summed E-state index contributed by atoms with van der Waals surface area (Å²) in [5, 5.41) is 0. The highest BCUT2D eigenvalue weighted by Crippen LogP contribution is 2.13. The highest BCUT2D eigenvalue weighted by atomic mass is 32.2. The van der Waals surface area contributed by atoms with E-state index in [1.807, 2.05) is 6.92 Å². The van der Waals surface area contributed by atoms with Crippen LogP contribution in [-0.4, -0.2) is 14.4 Å². The normalized spacial score (nSPS) is 11.2. The summed E-state index contributed by atoms with van der Waals surface area (Å²) >= 11 is 0. The molecule has 0 bridgehead atoms. The van der Waals surface area contributed by atoms with Crippen molar-refractivity contribution in [3.63, 3.8) is 0 Å². The van der Waals surface area contributed by atoms with Crippen molar-refractivity contribution in [2.24, 2.45) is 0 Å². The van der Waals surface area contributed by atoms with Gasteiger partial charge in [-0.2, -0.15) is 8.42 Å². The van der Waals surface area contributed by atoms with Gasteiger partial charge in [0.05, 0.1) is 4.90 Å². The number of hydrogen-bond donors (Lipinski definition) is 0. The van der Waals surface area contributed by atoms with Crippen LogP contribution in [0.4, 0.5) is 0 Å². The summed E-state index contributed by atoms with van der Waals surface area (Å²) in [4.78, 5) is 15.1. The molecule has 94 valence electrons. The minimum atomic E-state index is -4.03. The first-order valence-corrected chi connectivity index (χ1v) is 6.57. The quantitative estimate of drug-likeness (QED) is 0.596. The molecule has 0 aliphatic carbocycles. The van der Waals surface area contributed by atoms with E-state index in [0.29, 0.717) is 6.42 Å². The Bertz CT molecular complexity index is 475. The van der Waals surface area contributed by atoms with Crippen LogP contribution in [0, 0.1) is 6.92 Å². The smallest absolute Gasteiger partial charge is 0.281 e. The molecule has 1 aromatic carbocycles. The highest BCUT2D eigenvalue weighted by Gasteiger charge is 2.18. The molecule has 0 N–H and O–H groups in total. The maximum absolute atomic E-state index is 11.6. The van der Waals surface area contributed by atoms with Crippen LogP contribution in [0.15, 0.2) is 29.2 Å². The van der Waals surface area contributed by atoms with Crippen LogP contribution in [0.5, 0.6) is 0 Å². The lowest BCUT2D eigenvalue weighted by molar-refractivity contribution is -0.211. The molecule has 0 radical (unpaired) electrons. The van der Waals surface area contributed by atoms with Crippen molar-refractivity contribution in [1.29, 1.82) is 0 Å². The van der Waals surface area contributed by atoms with E-state index in [0.717, 1.165) is 5.56 Å². The predicted octanol–water partition coefficient (Wildman–Crippen LogP) is 1.96. The third-order valence-corrected chi connectivity index (χ3v) is 3.08. The van der Waals surface area contributed by atoms with Gasteiger partial charge >= 0.3 is 16.1 Å². The van der Waals surface area contributed by atoms with Gasteiger partial charge in [-0.25, -0.2) is 4.79 Å². The van der Waals surface area contributed by atoms with Gasteiger partial charge in [0.1, 0.15) is 0 Å². The fraction of sp³-hybridized carbons (Fsp3) is 0.364. The molecule has 5 nitrogen and oxygen atoms in total. The van der Waals surface area contributed by atoms with Crippen LogP contribution >= 0.6 is 0 Å². The van der Waals surface area contributed by atoms with Gasteiger partial charge in [-0.15, -0.1) is 0 Å². The lowest BCUT2D eigenvalue weighted by Gasteiger charge is -2.04. The zero-order chi connectivity index (χ0) is 12.9. The number of rotatable bonds is 5. The molecule has 0 saturated heterocycles. The molecule has 0 spiro atoms. The van der Waals surface area contributed by atoms with Crippen molar-refractivity contribution in [3.8, 4) is 0 Å². The summed E-state index contributed by atoms with van der Waals surface area (Å²) in [5.41, 5.74) is 0.923. The summed E-state index contributed by atoms with van der Waals surface area (Å²) in [6.45, 7) is 3.61. The standard InChI is InChI=1S/C11H14O5S/c1-3-4-11(12)15-16-17(13,14)10-7-5-9(2)6-8-10/h5-8H,3-4H2,1-2H3. The summed E-state index contributed by atoms with van der Waals surface area (Å²) in [7, 11) is -4.03. The molecule has 0 aliphatic rings. The van der Waals surface area contributed by atoms with Crippen molar-refractivity contribution >= 4 is 16.1 Å². The Kier molecular flexibility index (Phi) is 4.65. The molecular weight excluding hydrogens is 244 g/mol. The van der Waals surface area contributed by atoms with Gasteiger partial charge in [0.25, 0.3) is 0 Å². The van der Waals surface area contributed by atoms with Crippen LogP contribution in [0.1, 0.15) is 25.3 Å². The SMILES string of the molecule is CCCC(=O)OOS(=O)(=O)c1ccc(C)cc1. The fourth-order valence-electron chi connectivity index (χ4n) is 1.07. The van der Waals surface area contributed by atoms with Crippen LogP contribution in [-0.2, 0) is 24.1 Å². The largest absolute Gasteiger partial charge is 0.343 e. The van der Waals surface area contributed by atoms with Crippen LogP contribution in [0.2, 0.25) is 0 Å². The zero-order valence-electron chi connectivity index (χ0n) is 9.67. The average molecular weight is 258 g/mol. The fourth-order valence-corrected chi connectivity index (χ4v) is 1.79. The van der Waals surface area contributed by atoms with Crippen molar-refractivity contribution in [3.05, 3.63) is 29.8 Å². The van der Waals surface area contributed by atoms with E-state index in [-0.39, 0.29) is 11.3 Å². The zero-order valence-corrected chi connectivity index (χ0v) is 10.5. The Hall–Kier alpha value is -1.40. The molecule has 0 aromatic heterocycles. The van der Waals surface area contributed by atoms with E-state index >= 15 is 0 Å². The topological polar surface area (TPSA) is 69.7 Å². The van der Waals surface area contributed by atoms with Gasteiger partial charge in [-0.05, 0) is 29.8 Å². The van der Waals surface area contributed by atoms with Gasteiger partial charge in [0, 0.05) is 6.42 Å². The Labute approximate surface area is 100 Å². The highest BCUT2D eigenvalue weighted by molar-refractivity contribution is 7.86. The maximum Gasteiger partial charge on any atom is 0.343 e. The minimum absolute atomic E-state index is 0.0487. The molecule has 1 rings (SSSR count). The Morgan fingerprint density at radius 2 is 1.82 bits per heavy atom. The number of carbonyl (C=O) groups is 1. The van der Waals surface area contributed by atoms with Gasteiger partial charge in [-0.1, -0.05) is 24.6 Å². The lowest BCUT2D eigenvalue weighted by atomic mass is 10.2. The van der Waals surface area contributed by atoms with E-state index in [2.05, 4.69) is 9.22 Å². The molecule has 0 amide bonds. The minimum Gasteiger partial charge on any atom is -0.281 e. The summed E-state index contributed by atoms with van der Waals surface area (Å²) in [5.74, 6) is -0.705. The van der Waals surface area contributed by atoms with E-state index in [1.54, 1.807) is 19.1 Å². The third kappa shape index (κ3) is 4.16. The van der Waals surface area contributed by atoms with Gasteiger partial charge in [0.15, 0.2) is 0 Å². The van der Waals surface area contributed by atoms with E-state index < -0.39 is 16.1 Å². The van der Waals surface area contributed by atoms with E-state index in [4.69, 9.17) is 0 Å². The third-order valence-electron chi connectivity index (χ3n) is 1.98. The van der Waals surface area contributed by atoms with Crippen molar-refractivity contribution in [1.82, 2.24) is 0 Å². The molecule has 0 heterocycles. The number of aryl methyl sites for hydroxylation is 1. The first kappa shape index (κ1) is 13.7. The van der Waals surface area contributed by atoms with Crippen molar-refractivity contribution < 1.29 is 22.4 Å². The molecule has 0 unspecified atom stereocenters.